The van der Waals surface area contributed by atoms with Gasteiger partial charge >= 0.3 is 0 Å². The van der Waals surface area contributed by atoms with Crippen molar-refractivity contribution in [1.29, 1.82) is 0 Å². The summed E-state index contributed by atoms with van der Waals surface area (Å²) in [7, 11) is 0. The van der Waals surface area contributed by atoms with E-state index in [0.29, 0.717) is 5.75 Å². The molecule has 6 aromatic rings. The normalized spacial score (nSPS) is 13.0. The Morgan fingerprint density at radius 1 is 0.760 bits per heavy atom. The quantitative estimate of drug-likeness (QED) is 0.160. The molecule has 0 aliphatic carbocycles. The molecule has 0 saturated heterocycles. The number of fused-ring (bicyclic) bond motifs is 3. The van der Waals surface area contributed by atoms with Gasteiger partial charge in [0.25, 0.3) is 0 Å². The third-order valence-electron chi connectivity index (χ3n) is 9.06. The van der Waals surface area contributed by atoms with E-state index in [2.05, 4.69) is 137 Å². The van der Waals surface area contributed by atoms with Crippen LogP contribution in [0.1, 0.15) is 38.3 Å². The number of thiophene rings is 1. The molecule has 0 unspecified atom stereocenters. The Bertz CT molecular complexity index is 2520. The SMILES string of the molecule is C=C/C=C\C(=C)c1ccccccc(/C(C)=C/C(=C\C)C/C=c2\c(=C/C)sc3cc4cc(O)c(-c5ccccc5)cc4cc23)c2ccccc12. The van der Waals surface area contributed by atoms with Gasteiger partial charge in [-0.05, 0) is 112 Å². The molecule has 0 spiro atoms. The minimum absolute atomic E-state index is 0.301. The van der Waals surface area contributed by atoms with E-state index in [1.54, 1.807) is 17.4 Å². The second-order valence-electron chi connectivity index (χ2n) is 12.3. The molecule has 5 aromatic carbocycles. The summed E-state index contributed by atoms with van der Waals surface area (Å²) < 4.78 is 2.47. The molecule has 0 aliphatic rings. The van der Waals surface area contributed by atoms with Gasteiger partial charge in [0.15, 0.2) is 0 Å². The zero-order valence-electron chi connectivity index (χ0n) is 29.0. The van der Waals surface area contributed by atoms with Gasteiger partial charge in [-0.15, -0.1) is 11.3 Å². The van der Waals surface area contributed by atoms with Gasteiger partial charge in [-0.25, -0.2) is 0 Å². The van der Waals surface area contributed by atoms with Gasteiger partial charge < -0.3 is 5.11 Å². The van der Waals surface area contributed by atoms with Crippen LogP contribution in [0.15, 0.2) is 164 Å². The van der Waals surface area contributed by atoms with Gasteiger partial charge in [-0.1, -0.05) is 147 Å². The van der Waals surface area contributed by atoms with Crippen molar-refractivity contribution in [2.45, 2.75) is 27.2 Å². The molecule has 50 heavy (non-hydrogen) atoms. The highest BCUT2D eigenvalue weighted by Gasteiger charge is 2.10. The number of phenols is 1. The smallest absolute Gasteiger partial charge is 0.124 e. The molecule has 0 saturated carbocycles. The average molecular weight is 667 g/mol. The van der Waals surface area contributed by atoms with Gasteiger partial charge in [0.2, 0.25) is 0 Å². The molecule has 1 nitrogen and oxygen atoms in total. The summed E-state index contributed by atoms with van der Waals surface area (Å²) >= 11 is 1.80. The minimum atomic E-state index is 0.301. The first-order chi connectivity index (χ1) is 24.4. The Kier molecular flexibility index (Phi) is 10.7. The number of hydrogen-bond donors (Lipinski definition) is 1. The van der Waals surface area contributed by atoms with Crippen molar-refractivity contribution in [2.75, 3.05) is 0 Å². The molecular formula is C48H42OS. The van der Waals surface area contributed by atoms with E-state index in [1.807, 2.05) is 48.6 Å². The molecule has 0 bridgehead atoms. The lowest BCUT2D eigenvalue weighted by atomic mass is 9.94. The first-order valence-corrected chi connectivity index (χ1v) is 17.8. The summed E-state index contributed by atoms with van der Waals surface area (Å²) in [6, 6.07) is 39.8. The van der Waals surface area contributed by atoms with E-state index in [-0.39, 0.29) is 0 Å². The highest BCUT2D eigenvalue weighted by molar-refractivity contribution is 7.17. The first-order valence-electron chi connectivity index (χ1n) is 17.0. The summed E-state index contributed by atoms with van der Waals surface area (Å²) in [6.07, 6.45) is 15.6. The average Bonchev–Trinajstić information content (AvgIpc) is 3.48. The fourth-order valence-corrected chi connectivity index (χ4v) is 7.61. The zero-order chi connectivity index (χ0) is 35.0. The number of aromatic hydroxyl groups is 1. The molecular weight excluding hydrogens is 625 g/mol. The second kappa shape index (κ2) is 15.7. The monoisotopic (exact) mass is 666 g/mol. The van der Waals surface area contributed by atoms with Crippen molar-refractivity contribution in [3.05, 3.63) is 185 Å². The maximum absolute atomic E-state index is 10.9. The Labute approximate surface area is 299 Å². The highest BCUT2D eigenvalue weighted by atomic mass is 32.1. The Morgan fingerprint density at radius 3 is 2.10 bits per heavy atom. The van der Waals surface area contributed by atoms with E-state index >= 15 is 0 Å². The van der Waals surface area contributed by atoms with Gasteiger partial charge in [0.1, 0.15) is 5.75 Å². The van der Waals surface area contributed by atoms with Crippen molar-refractivity contribution in [3.63, 3.8) is 0 Å². The summed E-state index contributed by atoms with van der Waals surface area (Å²) in [4.78, 5) is 0. The zero-order valence-corrected chi connectivity index (χ0v) is 29.8. The van der Waals surface area contributed by atoms with Crippen LogP contribution >= 0.6 is 11.3 Å². The predicted octanol–water partition coefficient (Wildman–Crippen LogP) is 12.5. The Morgan fingerprint density at radius 2 is 1.40 bits per heavy atom. The number of benzene rings is 4. The number of phenolic OH excluding ortho intramolecular Hbond substituents is 1. The lowest BCUT2D eigenvalue weighted by molar-refractivity contribution is 0.478. The van der Waals surface area contributed by atoms with Gasteiger partial charge in [0.05, 0.1) is 0 Å². The van der Waals surface area contributed by atoms with Crippen LogP contribution in [0.2, 0.25) is 0 Å². The van der Waals surface area contributed by atoms with Crippen LogP contribution in [0.3, 0.4) is 0 Å². The summed E-state index contributed by atoms with van der Waals surface area (Å²) in [5.74, 6) is 0.301. The third-order valence-corrected chi connectivity index (χ3v) is 10.3. The van der Waals surface area contributed by atoms with Crippen molar-refractivity contribution in [3.8, 4) is 16.9 Å². The van der Waals surface area contributed by atoms with E-state index in [0.717, 1.165) is 44.8 Å². The molecule has 1 N–H and O–H groups in total. The van der Waals surface area contributed by atoms with Crippen molar-refractivity contribution in [1.82, 2.24) is 0 Å². The van der Waals surface area contributed by atoms with E-state index in [1.165, 1.54) is 41.9 Å². The van der Waals surface area contributed by atoms with E-state index < -0.39 is 0 Å². The number of hydrogen-bond acceptors (Lipinski definition) is 2. The maximum Gasteiger partial charge on any atom is 0.124 e. The van der Waals surface area contributed by atoms with Crippen molar-refractivity contribution < 1.29 is 5.11 Å². The molecule has 0 amide bonds. The molecule has 0 radical (unpaired) electrons. The minimum Gasteiger partial charge on any atom is -0.507 e. The molecule has 0 aliphatic heterocycles. The number of allylic oxidation sites excluding steroid dienone is 8. The highest BCUT2D eigenvalue weighted by Crippen LogP contribution is 2.35. The van der Waals surface area contributed by atoms with Crippen LogP contribution in [-0.2, 0) is 0 Å². The maximum atomic E-state index is 10.9. The predicted molar refractivity (Wildman–Crippen MR) is 222 cm³/mol. The van der Waals surface area contributed by atoms with Gasteiger partial charge in [-0.3, -0.25) is 0 Å². The molecule has 0 fully saturated rings. The Hall–Kier alpha value is -5.70. The fraction of sp³-hybridized carbons (Fsp3) is 0.0833. The van der Waals surface area contributed by atoms with Gasteiger partial charge in [-0.2, -0.15) is 0 Å². The van der Waals surface area contributed by atoms with Crippen LogP contribution in [0.5, 0.6) is 5.75 Å². The molecule has 1 aromatic heterocycles. The van der Waals surface area contributed by atoms with Crippen LogP contribution < -0.4 is 9.75 Å². The lowest BCUT2D eigenvalue weighted by Gasteiger charge is -2.10. The van der Waals surface area contributed by atoms with Gasteiger partial charge in [0, 0.05) is 20.2 Å². The molecule has 6 rings (SSSR count). The standard InChI is InChI=1S/C48H42OS/c1-6-9-19-33(4)39-22-15-10-11-16-23-40(42-25-18-17-24-41(39)42)34(5)28-35(7-2)26-27-43-45-30-37-29-44(36-20-13-12-14-21-36)46(49)31-38(37)32-48(45)50-47(43)8-3/h6-25,27-32,49H,1,4,26H2,2-3,5H3/b11-10?,15-10?,16-11?,19-9-,22-15?,23-16?,34-28+,35-7-,39-22?,40-23?,41-39?,42-40?,43-27-,47-8+. The van der Waals surface area contributed by atoms with E-state index in [9.17, 15) is 5.11 Å². The lowest BCUT2D eigenvalue weighted by Crippen LogP contribution is -2.17. The second-order valence-corrected chi connectivity index (χ2v) is 13.4. The van der Waals surface area contributed by atoms with Crippen molar-refractivity contribution in [2.24, 2.45) is 0 Å². The summed E-state index contributed by atoms with van der Waals surface area (Å²) in [5.41, 5.74) is 7.47. The van der Waals surface area contributed by atoms with Crippen LogP contribution in [0, 0.1) is 0 Å². The molecule has 1 heterocycles. The van der Waals surface area contributed by atoms with Crippen LogP contribution in [0.25, 0.3) is 66.1 Å². The van der Waals surface area contributed by atoms with Crippen LogP contribution in [-0.4, -0.2) is 5.11 Å². The summed E-state index contributed by atoms with van der Waals surface area (Å²) in [5, 5.41) is 17.9. The third kappa shape index (κ3) is 7.32. The largest absolute Gasteiger partial charge is 0.507 e. The molecule has 0 atom stereocenters. The number of rotatable bonds is 8. The fourth-order valence-electron chi connectivity index (χ4n) is 6.49. The molecule has 2 heteroatoms. The van der Waals surface area contributed by atoms with Crippen LogP contribution in [0.4, 0.5) is 0 Å². The summed E-state index contributed by atoms with van der Waals surface area (Å²) in [6.45, 7) is 14.6. The van der Waals surface area contributed by atoms with E-state index in [4.69, 9.17) is 0 Å². The first kappa shape index (κ1) is 34.2. The van der Waals surface area contributed by atoms with Crippen molar-refractivity contribution >= 4 is 66.3 Å². The Balaban J connectivity index is 1.44. The topological polar surface area (TPSA) is 20.2 Å². The molecule has 246 valence electrons.